The minimum Gasteiger partial charge on any atom is -0.480 e. The number of rotatable bonds is 11. The molecule has 0 fully saturated rings. The van der Waals surface area contributed by atoms with E-state index in [4.69, 9.17) is 0 Å². The smallest absolute Gasteiger partial charge is 0.326 e. The molecule has 9 nitrogen and oxygen atoms in total. The van der Waals surface area contributed by atoms with Gasteiger partial charge in [-0.3, -0.25) is 4.79 Å². The molecule has 0 saturated heterocycles. The van der Waals surface area contributed by atoms with Crippen molar-refractivity contribution >= 4 is 27.7 Å². The van der Waals surface area contributed by atoms with Crippen molar-refractivity contribution in [3.63, 3.8) is 0 Å². The van der Waals surface area contributed by atoms with Crippen molar-refractivity contribution in [2.75, 3.05) is 6.26 Å². The Bertz CT molecular complexity index is 701. The zero-order valence-electron chi connectivity index (χ0n) is 18.2. The molecule has 0 aliphatic rings. The SMILES string of the molecule is CC(C)C[C@@H](/C=C/S(C)(=O)=O)NC(=O)[C@@H](NC(=O)N[C@H](C(=O)O)C(C)C)C(C)C. The van der Waals surface area contributed by atoms with Crippen LogP contribution in [0.5, 0.6) is 0 Å². The maximum Gasteiger partial charge on any atom is 0.326 e. The lowest BCUT2D eigenvalue weighted by Gasteiger charge is -2.26. The molecule has 3 amide bonds. The molecule has 0 unspecified atom stereocenters. The van der Waals surface area contributed by atoms with E-state index in [2.05, 4.69) is 16.0 Å². The third-order valence-electron chi connectivity index (χ3n) is 4.07. The largest absolute Gasteiger partial charge is 0.480 e. The Morgan fingerprint density at radius 2 is 1.38 bits per heavy atom. The van der Waals surface area contributed by atoms with Gasteiger partial charge in [0.1, 0.15) is 12.1 Å². The Morgan fingerprint density at radius 3 is 1.76 bits per heavy atom. The zero-order chi connectivity index (χ0) is 22.9. The summed E-state index contributed by atoms with van der Waals surface area (Å²) < 4.78 is 22.8. The molecule has 0 aliphatic carbocycles. The third-order valence-corrected chi connectivity index (χ3v) is 4.72. The van der Waals surface area contributed by atoms with Crippen LogP contribution in [0.15, 0.2) is 11.5 Å². The Balaban J connectivity index is 5.29. The first kappa shape index (κ1) is 26.9. The topological polar surface area (TPSA) is 142 Å². The highest BCUT2D eigenvalue weighted by Gasteiger charge is 2.29. The number of urea groups is 1. The van der Waals surface area contributed by atoms with Gasteiger partial charge in [0, 0.05) is 17.7 Å². The van der Waals surface area contributed by atoms with Gasteiger partial charge in [-0.25, -0.2) is 18.0 Å². The second-order valence-electron chi connectivity index (χ2n) is 8.30. The van der Waals surface area contributed by atoms with Crippen molar-refractivity contribution in [3.05, 3.63) is 11.5 Å². The summed E-state index contributed by atoms with van der Waals surface area (Å²) in [5.74, 6) is -2.05. The summed E-state index contributed by atoms with van der Waals surface area (Å²) in [6.07, 6.45) is 3.00. The van der Waals surface area contributed by atoms with Gasteiger partial charge in [-0.2, -0.15) is 0 Å². The van der Waals surface area contributed by atoms with Gasteiger partial charge in [-0.1, -0.05) is 47.6 Å². The van der Waals surface area contributed by atoms with E-state index in [0.717, 1.165) is 11.7 Å². The molecule has 0 saturated carbocycles. The van der Waals surface area contributed by atoms with Gasteiger partial charge in [0.25, 0.3) is 0 Å². The van der Waals surface area contributed by atoms with E-state index in [-0.39, 0.29) is 17.8 Å². The van der Waals surface area contributed by atoms with Crippen molar-refractivity contribution in [2.45, 2.75) is 66.1 Å². The van der Waals surface area contributed by atoms with Gasteiger partial charge in [0.05, 0.1) is 0 Å². The number of carboxylic acids is 1. The van der Waals surface area contributed by atoms with Crippen LogP contribution in [0.1, 0.15) is 48.0 Å². The summed E-state index contributed by atoms with van der Waals surface area (Å²) in [4.78, 5) is 36.2. The molecule has 0 spiro atoms. The fourth-order valence-electron chi connectivity index (χ4n) is 2.58. The molecule has 0 aromatic carbocycles. The molecular weight excluding hydrogens is 398 g/mol. The summed E-state index contributed by atoms with van der Waals surface area (Å²) >= 11 is 0. The summed E-state index contributed by atoms with van der Waals surface area (Å²) in [7, 11) is -3.34. The quantitative estimate of drug-likeness (QED) is 0.389. The minimum absolute atomic E-state index is 0.195. The predicted octanol–water partition coefficient (Wildman–Crippen LogP) is 1.51. The number of carbonyl (C=O) groups is 3. The van der Waals surface area contributed by atoms with E-state index in [1.807, 2.05) is 13.8 Å². The molecule has 3 atom stereocenters. The third kappa shape index (κ3) is 11.5. The highest BCUT2D eigenvalue weighted by atomic mass is 32.2. The lowest BCUT2D eigenvalue weighted by atomic mass is 10.0. The van der Waals surface area contributed by atoms with Crippen LogP contribution >= 0.6 is 0 Å². The Kier molecular flexibility index (Phi) is 10.9. The Hall–Kier alpha value is -2.10. The van der Waals surface area contributed by atoms with Gasteiger partial charge in [-0.05, 0) is 24.2 Å². The van der Waals surface area contributed by atoms with E-state index in [9.17, 15) is 27.9 Å². The standard InChI is InChI=1S/C19H35N3O6S/c1-11(2)10-14(8-9-29(7,27)28)20-17(23)15(12(3)4)21-19(26)22-16(13(5)6)18(24)25/h8-9,11-16H,10H2,1-7H3,(H,20,23)(H,24,25)(H2,21,22,26)/b9-8+/t14-,15+,16+/m1/s1. The number of carbonyl (C=O) groups excluding carboxylic acids is 2. The molecule has 29 heavy (non-hydrogen) atoms. The first-order chi connectivity index (χ1) is 13.1. The molecule has 0 aliphatic heterocycles. The van der Waals surface area contributed by atoms with Crippen LogP contribution in [-0.4, -0.2) is 55.8 Å². The van der Waals surface area contributed by atoms with Gasteiger partial charge in [-0.15, -0.1) is 0 Å². The van der Waals surface area contributed by atoms with Crippen molar-refractivity contribution in [2.24, 2.45) is 17.8 Å². The monoisotopic (exact) mass is 433 g/mol. The van der Waals surface area contributed by atoms with E-state index in [0.29, 0.717) is 6.42 Å². The number of sulfone groups is 1. The van der Waals surface area contributed by atoms with Crippen LogP contribution in [0.2, 0.25) is 0 Å². The zero-order valence-corrected chi connectivity index (χ0v) is 19.0. The van der Waals surface area contributed by atoms with Crippen LogP contribution < -0.4 is 16.0 Å². The van der Waals surface area contributed by atoms with Crippen molar-refractivity contribution in [3.8, 4) is 0 Å². The van der Waals surface area contributed by atoms with Crippen molar-refractivity contribution < 1.29 is 27.9 Å². The van der Waals surface area contributed by atoms with Gasteiger partial charge >= 0.3 is 12.0 Å². The average molecular weight is 434 g/mol. The molecule has 0 bridgehead atoms. The van der Waals surface area contributed by atoms with Crippen molar-refractivity contribution in [1.82, 2.24) is 16.0 Å². The number of nitrogens with one attached hydrogen (secondary N) is 3. The fraction of sp³-hybridized carbons (Fsp3) is 0.737. The van der Waals surface area contributed by atoms with Gasteiger partial charge < -0.3 is 21.1 Å². The highest BCUT2D eigenvalue weighted by Crippen LogP contribution is 2.10. The van der Waals surface area contributed by atoms with Crippen LogP contribution in [0, 0.1) is 17.8 Å². The summed E-state index contributed by atoms with van der Waals surface area (Å²) in [6, 6.07) is -3.28. The molecule has 0 aromatic rings. The number of hydrogen-bond acceptors (Lipinski definition) is 5. The van der Waals surface area contributed by atoms with Crippen LogP contribution in [0.25, 0.3) is 0 Å². The van der Waals surface area contributed by atoms with Crippen LogP contribution in [-0.2, 0) is 19.4 Å². The first-order valence-electron chi connectivity index (χ1n) is 9.62. The van der Waals surface area contributed by atoms with Crippen LogP contribution in [0.4, 0.5) is 4.79 Å². The van der Waals surface area contributed by atoms with Gasteiger partial charge in [0.15, 0.2) is 9.84 Å². The molecule has 0 radical (unpaired) electrons. The lowest BCUT2D eigenvalue weighted by Crippen LogP contribution is -2.57. The predicted molar refractivity (Wildman–Crippen MR) is 112 cm³/mol. The van der Waals surface area contributed by atoms with Crippen LogP contribution in [0.3, 0.4) is 0 Å². The van der Waals surface area contributed by atoms with E-state index in [1.54, 1.807) is 27.7 Å². The molecule has 0 aromatic heterocycles. The summed E-state index contributed by atoms with van der Waals surface area (Å²) in [5, 5.41) is 17.9. The first-order valence-corrected chi connectivity index (χ1v) is 11.6. The fourth-order valence-corrected chi connectivity index (χ4v) is 3.05. The summed E-state index contributed by atoms with van der Waals surface area (Å²) in [5.41, 5.74) is 0. The van der Waals surface area contributed by atoms with E-state index < -0.39 is 45.9 Å². The maximum atomic E-state index is 12.7. The Labute approximate surface area is 173 Å². The second-order valence-corrected chi connectivity index (χ2v) is 10.2. The number of amides is 3. The molecular formula is C19H35N3O6S. The van der Waals surface area contributed by atoms with E-state index >= 15 is 0 Å². The average Bonchev–Trinajstić information content (AvgIpc) is 2.53. The number of aliphatic carboxylic acids is 1. The second kappa shape index (κ2) is 11.8. The molecule has 168 valence electrons. The Morgan fingerprint density at radius 1 is 0.897 bits per heavy atom. The molecule has 0 heterocycles. The molecule has 4 N–H and O–H groups in total. The number of carboxylic acid groups (broad SMARTS) is 1. The molecule has 0 rings (SSSR count). The van der Waals surface area contributed by atoms with E-state index in [1.165, 1.54) is 6.08 Å². The number of hydrogen-bond donors (Lipinski definition) is 4. The normalized spacial score (nSPS) is 15.4. The summed E-state index contributed by atoms with van der Waals surface area (Å²) in [6.45, 7) is 10.7. The van der Waals surface area contributed by atoms with Gasteiger partial charge in [0.2, 0.25) is 5.91 Å². The molecule has 10 heteroatoms. The minimum atomic E-state index is -3.34. The van der Waals surface area contributed by atoms with Crippen molar-refractivity contribution in [1.29, 1.82) is 0 Å². The lowest BCUT2D eigenvalue weighted by molar-refractivity contribution is -0.140. The highest BCUT2D eigenvalue weighted by molar-refractivity contribution is 7.93. The maximum absolute atomic E-state index is 12.7.